The number of amides is 2. The Morgan fingerprint density at radius 2 is 2.10 bits per heavy atom. The van der Waals surface area contributed by atoms with Crippen LogP contribution in [0.15, 0.2) is 27.4 Å². The van der Waals surface area contributed by atoms with Gasteiger partial charge < -0.3 is 14.9 Å². The molecule has 0 radical (unpaired) electrons. The van der Waals surface area contributed by atoms with E-state index in [-0.39, 0.29) is 18.4 Å². The van der Waals surface area contributed by atoms with Gasteiger partial charge >= 0.3 is 5.76 Å². The second-order valence-electron chi connectivity index (χ2n) is 7.60. The lowest BCUT2D eigenvalue weighted by molar-refractivity contribution is -0.135. The molecule has 0 aliphatic carbocycles. The van der Waals surface area contributed by atoms with Crippen molar-refractivity contribution in [3.05, 3.63) is 34.3 Å². The van der Waals surface area contributed by atoms with E-state index in [4.69, 9.17) is 14.9 Å². The van der Waals surface area contributed by atoms with Gasteiger partial charge in [-0.2, -0.15) is 0 Å². The van der Waals surface area contributed by atoms with E-state index in [0.29, 0.717) is 30.7 Å². The third-order valence-corrected chi connectivity index (χ3v) is 5.65. The number of nitrogens with one attached hydrogen (secondary N) is 1. The van der Waals surface area contributed by atoms with Crippen LogP contribution in [0.3, 0.4) is 0 Å². The Hall–Kier alpha value is -2.49. The van der Waals surface area contributed by atoms with Crippen LogP contribution >= 0.6 is 0 Å². The lowest BCUT2D eigenvalue weighted by Gasteiger charge is -2.32. The standard InChI is InChI=1S/C20H26N4O5/c21-11-14-12-23(9-10-28-14)8-2-4-13-3-1-5-15-18(13)29-20(27)24(15)16-6-7-17(25)22-19(16)26/h1,3,5,14,16H,2,4,6-12,21H2,(H,22,25,26)/t14-,16?/m0/s1. The first kappa shape index (κ1) is 19.8. The molecule has 3 heterocycles. The largest absolute Gasteiger partial charge is 0.420 e. The zero-order valence-corrected chi connectivity index (χ0v) is 16.3. The van der Waals surface area contributed by atoms with Gasteiger partial charge in [0.1, 0.15) is 6.04 Å². The maximum absolute atomic E-state index is 12.5. The van der Waals surface area contributed by atoms with Crippen molar-refractivity contribution >= 4 is 22.9 Å². The summed E-state index contributed by atoms with van der Waals surface area (Å²) in [6.07, 6.45) is 2.25. The molecule has 156 valence electrons. The van der Waals surface area contributed by atoms with E-state index in [9.17, 15) is 14.4 Å². The van der Waals surface area contributed by atoms with E-state index < -0.39 is 17.7 Å². The van der Waals surface area contributed by atoms with Gasteiger partial charge in [0.05, 0.1) is 18.2 Å². The van der Waals surface area contributed by atoms with E-state index in [1.165, 1.54) is 4.57 Å². The third kappa shape index (κ3) is 4.12. The van der Waals surface area contributed by atoms with E-state index in [0.717, 1.165) is 38.0 Å². The van der Waals surface area contributed by atoms with Crippen LogP contribution in [-0.2, 0) is 20.7 Å². The lowest BCUT2D eigenvalue weighted by Crippen LogP contribution is -2.45. The van der Waals surface area contributed by atoms with Crippen molar-refractivity contribution in [2.75, 3.05) is 32.8 Å². The molecule has 1 unspecified atom stereocenters. The number of aromatic nitrogens is 1. The van der Waals surface area contributed by atoms with Gasteiger partial charge in [-0.1, -0.05) is 12.1 Å². The van der Waals surface area contributed by atoms with Gasteiger partial charge in [-0.15, -0.1) is 0 Å². The Bertz CT molecular complexity index is 965. The number of ether oxygens (including phenoxy) is 1. The molecule has 9 heteroatoms. The average Bonchev–Trinajstić information content (AvgIpc) is 3.05. The summed E-state index contributed by atoms with van der Waals surface area (Å²) < 4.78 is 12.5. The smallest absolute Gasteiger partial charge is 0.407 e. The first-order valence-electron chi connectivity index (χ1n) is 10.1. The number of morpholine rings is 1. The number of nitrogens with zero attached hydrogens (tertiary/aromatic N) is 2. The predicted octanol–water partition coefficient (Wildman–Crippen LogP) is 0.164. The maximum Gasteiger partial charge on any atom is 0.420 e. The molecule has 2 aliphatic heterocycles. The van der Waals surface area contributed by atoms with Crippen molar-refractivity contribution < 1.29 is 18.7 Å². The SMILES string of the molecule is NC[C@H]1CN(CCCc2cccc3c2oc(=O)n3C2CCC(=O)NC2=O)CCO1. The quantitative estimate of drug-likeness (QED) is 0.661. The zero-order chi connectivity index (χ0) is 20.4. The van der Waals surface area contributed by atoms with Gasteiger partial charge in [0.15, 0.2) is 5.58 Å². The number of imide groups is 1. The van der Waals surface area contributed by atoms with Crippen LogP contribution in [0, 0.1) is 0 Å². The average molecular weight is 402 g/mol. The number of carbonyl (C=O) groups excluding carboxylic acids is 2. The molecule has 2 fully saturated rings. The number of oxazole rings is 1. The maximum atomic E-state index is 12.5. The van der Waals surface area contributed by atoms with Crippen LogP contribution < -0.4 is 16.8 Å². The molecule has 0 bridgehead atoms. The summed E-state index contributed by atoms with van der Waals surface area (Å²) in [6.45, 7) is 3.85. The van der Waals surface area contributed by atoms with E-state index >= 15 is 0 Å². The van der Waals surface area contributed by atoms with Gasteiger partial charge in [0.2, 0.25) is 11.8 Å². The minimum Gasteiger partial charge on any atom is -0.407 e. The Kier molecular flexibility index (Phi) is 5.79. The van der Waals surface area contributed by atoms with Gasteiger partial charge in [-0.25, -0.2) is 4.79 Å². The predicted molar refractivity (Wildman–Crippen MR) is 105 cm³/mol. The van der Waals surface area contributed by atoms with Crippen molar-refractivity contribution in [2.24, 2.45) is 5.73 Å². The first-order chi connectivity index (χ1) is 14.1. The number of para-hydroxylation sites is 1. The highest BCUT2D eigenvalue weighted by molar-refractivity contribution is 6.00. The summed E-state index contributed by atoms with van der Waals surface area (Å²) >= 11 is 0. The molecule has 2 aromatic rings. The van der Waals surface area contributed by atoms with Gasteiger partial charge in [0, 0.05) is 26.1 Å². The molecular formula is C20H26N4O5. The topological polar surface area (TPSA) is 120 Å². The zero-order valence-electron chi connectivity index (χ0n) is 16.3. The molecule has 29 heavy (non-hydrogen) atoms. The number of fused-ring (bicyclic) bond motifs is 1. The summed E-state index contributed by atoms with van der Waals surface area (Å²) in [5.74, 6) is -1.34. The number of rotatable bonds is 6. The Balaban J connectivity index is 1.49. The molecule has 1 aromatic heterocycles. The Morgan fingerprint density at radius 1 is 1.24 bits per heavy atom. The Morgan fingerprint density at radius 3 is 2.90 bits per heavy atom. The van der Waals surface area contributed by atoms with Crippen LogP contribution in [0.5, 0.6) is 0 Å². The highest BCUT2D eigenvalue weighted by atomic mass is 16.5. The molecule has 0 spiro atoms. The lowest BCUT2D eigenvalue weighted by atomic mass is 10.0. The van der Waals surface area contributed by atoms with Crippen molar-refractivity contribution in [1.82, 2.24) is 14.8 Å². The van der Waals surface area contributed by atoms with Crippen molar-refractivity contribution in [3.8, 4) is 0 Å². The summed E-state index contributed by atoms with van der Waals surface area (Å²) in [7, 11) is 0. The van der Waals surface area contributed by atoms with E-state index in [2.05, 4.69) is 10.2 Å². The summed E-state index contributed by atoms with van der Waals surface area (Å²) in [4.78, 5) is 38.5. The van der Waals surface area contributed by atoms with Crippen LogP contribution in [0.1, 0.15) is 30.9 Å². The van der Waals surface area contributed by atoms with E-state index in [1.807, 2.05) is 12.1 Å². The molecule has 0 saturated carbocycles. The molecule has 2 aliphatic rings. The molecule has 9 nitrogen and oxygen atoms in total. The number of piperidine rings is 1. The molecule has 1 aromatic carbocycles. The van der Waals surface area contributed by atoms with Crippen molar-refractivity contribution in [3.63, 3.8) is 0 Å². The van der Waals surface area contributed by atoms with Crippen LogP contribution in [0.25, 0.3) is 11.1 Å². The number of aryl methyl sites for hydroxylation is 1. The number of benzene rings is 1. The fraction of sp³-hybridized carbons (Fsp3) is 0.550. The second-order valence-corrected chi connectivity index (χ2v) is 7.60. The van der Waals surface area contributed by atoms with Crippen LogP contribution in [0.4, 0.5) is 0 Å². The second kappa shape index (κ2) is 8.48. The molecule has 4 rings (SSSR count). The molecular weight excluding hydrogens is 376 g/mol. The normalized spacial score (nSPS) is 23.5. The first-order valence-corrected chi connectivity index (χ1v) is 10.1. The molecule has 3 N–H and O–H groups in total. The van der Waals surface area contributed by atoms with Crippen LogP contribution in [-0.4, -0.2) is 60.2 Å². The number of carbonyl (C=O) groups is 2. The van der Waals surface area contributed by atoms with Crippen molar-refractivity contribution in [1.29, 1.82) is 0 Å². The van der Waals surface area contributed by atoms with Crippen LogP contribution in [0.2, 0.25) is 0 Å². The number of hydrogen-bond acceptors (Lipinski definition) is 7. The highest BCUT2D eigenvalue weighted by Gasteiger charge is 2.31. The molecule has 2 saturated heterocycles. The minimum atomic E-state index is -0.724. The molecule has 2 atom stereocenters. The minimum absolute atomic E-state index is 0.0905. The van der Waals surface area contributed by atoms with Gasteiger partial charge in [0.25, 0.3) is 0 Å². The summed E-state index contributed by atoms with van der Waals surface area (Å²) in [6, 6.07) is 4.87. The summed E-state index contributed by atoms with van der Waals surface area (Å²) in [5.41, 5.74) is 7.75. The highest BCUT2D eigenvalue weighted by Crippen LogP contribution is 2.25. The van der Waals surface area contributed by atoms with Crippen molar-refractivity contribution in [2.45, 2.75) is 37.8 Å². The third-order valence-electron chi connectivity index (χ3n) is 5.65. The van der Waals surface area contributed by atoms with E-state index in [1.54, 1.807) is 6.07 Å². The monoisotopic (exact) mass is 402 g/mol. The van der Waals surface area contributed by atoms with Gasteiger partial charge in [-0.3, -0.25) is 24.4 Å². The fourth-order valence-corrected chi connectivity index (χ4v) is 4.15. The summed E-state index contributed by atoms with van der Waals surface area (Å²) in [5, 5.41) is 2.30. The number of hydrogen-bond donors (Lipinski definition) is 2. The van der Waals surface area contributed by atoms with Gasteiger partial charge in [-0.05, 0) is 37.4 Å². The molecule has 2 amide bonds. The fourth-order valence-electron chi connectivity index (χ4n) is 4.15. The Labute approximate surface area is 167 Å². The number of nitrogens with two attached hydrogens (primary N) is 1.